The van der Waals surface area contributed by atoms with Gasteiger partial charge in [-0.05, 0) is 13.8 Å². The Balaban J connectivity index is 2.30. The van der Waals surface area contributed by atoms with Crippen LogP contribution in [0, 0.1) is 0 Å². The Morgan fingerprint density at radius 2 is 1.91 bits per heavy atom. The molecule has 1 aliphatic heterocycles. The summed E-state index contributed by atoms with van der Waals surface area (Å²) >= 11 is 0. The van der Waals surface area contributed by atoms with Crippen molar-refractivity contribution in [2.45, 2.75) is 25.9 Å². The highest BCUT2D eigenvalue weighted by molar-refractivity contribution is 4.80. The molecule has 1 fully saturated rings. The molecule has 0 aliphatic carbocycles. The molecule has 0 saturated carbocycles. The quantitative estimate of drug-likeness (QED) is 0.577. The molecule has 0 amide bonds. The van der Waals surface area contributed by atoms with Crippen molar-refractivity contribution in [1.29, 1.82) is 0 Å². The largest absolute Gasteiger partial charge is 0.395 e. The predicted molar refractivity (Wildman–Crippen MR) is 45.6 cm³/mol. The van der Waals surface area contributed by atoms with Crippen LogP contribution in [0.15, 0.2) is 0 Å². The van der Waals surface area contributed by atoms with E-state index in [2.05, 4.69) is 24.1 Å². The average molecular weight is 158 g/mol. The van der Waals surface area contributed by atoms with E-state index in [4.69, 9.17) is 5.11 Å². The Morgan fingerprint density at radius 3 is 2.36 bits per heavy atom. The van der Waals surface area contributed by atoms with Gasteiger partial charge in [0, 0.05) is 31.7 Å². The van der Waals surface area contributed by atoms with Gasteiger partial charge in [-0.3, -0.25) is 4.90 Å². The lowest BCUT2D eigenvalue weighted by Gasteiger charge is -2.35. The van der Waals surface area contributed by atoms with Gasteiger partial charge in [0.2, 0.25) is 0 Å². The van der Waals surface area contributed by atoms with Crippen LogP contribution in [0.3, 0.4) is 0 Å². The van der Waals surface area contributed by atoms with Gasteiger partial charge in [-0.2, -0.15) is 0 Å². The first-order valence-corrected chi connectivity index (χ1v) is 4.31. The number of aliphatic hydroxyl groups excluding tert-OH is 1. The van der Waals surface area contributed by atoms with E-state index in [1.165, 1.54) is 0 Å². The number of nitrogens with one attached hydrogen (secondary N) is 1. The van der Waals surface area contributed by atoms with Crippen molar-refractivity contribution in [1.82, 2.24) is 10.2 Å². The fraction of sp³-hybridized carbons (Fsp3) is 1.00. The number of β-amino-alcohol motifs (C(OH)–C–C–N with tert-alkyl or cyclic N) is 1. The Hall–Kier alpha value is -0.120. The smallest absolute Gasteiger partial charge is 0.0558 e. The van der Waals surface area contributed by atoms with Gasteiger partial charge < -0.3 is 10.4 Å². The molecule has 1 saturated heterocycles. The van der Waals surface area contributed by atoms with Gasteiger partial charge in [-0.15, -0.1) is 0 Å². The molecule has 0 spiro atoms. The highest BCUT2D eigenvalue weighted by Gasteiger charge is 2.19. The Bertz CT molecular complexity index is 109. The molecule has 0 aromatic heterocycles. The number of hydrogen-bond donors (Lipinski definition) is 2. The van der Waals surface area contributed by atoms with Crippen LogP contribution >= 0.6 is 0 Å². The maximum atomic E-state index is 8.73. The van der Waals surface area contributed by atoms with Crippen molar-refractivity contribution in [2.24, 2.45) is 0 Å². The minimum Gasteiger partial charge on any atom is -0.395 e. The zero-order valence-electron chi connectivity index (χ0n) is 7.38. The molecular formula is C8H18N2O. The lowest BCUT2D eigenvalue weighted by atomic mass is 10.1. The second-order valence-corrected chi connectivity index (χ2v) is 3.45. The summed E-state index contributed by atoms with van der Waals surface area (Å²) in [4.78, 5) is 2.30. The van der Waals surface area contributed by atoms with Gasteiger partial charge in [0.05, 0.1) is 6.61 Å². The lowest BCUT2D eigenvalue weighted by molar-refractivity contribution is 0.140. The molecule has 2 atom stereocenters. The monoisotopic (exact) mass is 158 g/mol. The molecule has 3 heteroatoms. The summed E-state index contributed by atoms with van der Waals surface area (Å²) in [7, 11) is 0. The number of aliphatic hydroxyl groups is 1. The first kappa shape index (κ1) is 8.97. The maximum Gasteiger partial charge on any atom is 0.0558 e. The highest BCUT2D eigenvalue weighted by Crippen LogP contribution is 2.02. The standard InChI is InChI=1S/C8H18N2O/c1-7-5-10(3-4-11)6-8(2)9-7/h7-9,11H,3-6H2,1-2H3/t7-,8-/m1/s1. The second-order valence-electron chi connectivity index (χ2n) is 3.45. The zero-order chi connectivity index (χ0) is 8.27. The van der Waals surface area contributed by atoms with Crippen LogP contribution < -0.4 is 5.32 Å². The van der Waals surface area contributed by atoms with Crippen molar-refractivity contribution in [3.8, 4) is 0 Å². The van der Waals surface area contributed by atoms with Crippen molar-refractivity contribution < 1.29 is 5.11 Å². The van der Waals surface area contributed by atoms with E-state index in [0.29, 0.717) is 12.1 Å². The van der Waals surface area contributed by atoms with Gasteiger partial charge >= 0.3 is 0 Å². The summed E-state index contributed by atoms with van der Waals surface area (Å²) in [6.07, 6.45) is 0. The molecule has 0 aromatic carbocycles. The summed E-state index contributed by atoms with van der Waals surface area (Å²) in [6.45, 7) is 7.58. The van der Waals surface area contributed by atoms with Crippen LogP contribution in [0.25, 0.3) is 0 Å². The fourth-order valence-corrected chi connectivity index (χ4v) is 1.76. The molecule has 0 aromatic rings. The van der Waals surface area contributed by atoms with Crippen molar-refractivity contribution in [3.05, 3.63) is 0 Å². The van der Waals surface area contributed by atoms with Crippen molar-refractivity contribution in [3.63, 3.8) is 0 Å². The van der Waals surface area contributed by atoms with Crippen LogP contribution in [0.1, 0.15) is 13.8 Å². The Labute approximate surface area is 68.4 Å². The Morgan fingerprint density at radius 1 is 1.36 bits per heavy atom. The zero-order valence-corrected chi connectivity index (χ0v) is 7.38. The number of hydrogen-bond acceptors (Lipinski definition) is 3. The number of nitrogens with zero attached hydrogens (tertiary/aromatic N) is 1. The SMILES string of the molecule is C[C@@H]1CN(CCO)C[C@@H](C)N1. The minimum absolute atomic E-state index is 0.277. The van der Waals surface area contributed by atoms with Crippen molar-refractivity contribution in [2.75, 3.05) is 26.2 Å². The summed E-state index contributed by atoms with van der Waals surface area (Å²) in [5, 5.41) is 12.2. The van der Waals surface area contributed by atoms with Crippen LogP contribution in [0.2, 0.25) is 0 Å². The van der Waals surface area contributed by atoms with Crippen LogP contribution in [-0.2, 0) is 0 Å². The van der Waals surface area contributed by atoms with Crippen LogP contribution in [0.4, 0.5) is 0 Å². The van der Waals surface area contributed by atoms with E-state index in [0.717, 1.165) is 19.6 Å². The molecule has 11 heavy (non-hydrogen) atoms. The number of piperazine rings is 1. The third-order valence-electron chi connectivity index (χ3n) is 2.05. The van der Waals surface area contributed by atoms with E-state index in [9.17, 15) is 0 Å². The first-order chi connectivity index (χ1) is 5.22. The van der Waals surface area contributed by atoms with Gasteiger partial charge in [-0.25, -0.2) is 0 Å². The molecule has 0 radical (unpaired) electrons. The van der Waals surface area contributed by atoms with Gasteiger partial charge in [0.15, 0.2) is 0 Å². The lowest BCUT2D eigenvalue weighted by Crippen LogP contribution is -2.54. The molecule has 3 nitrogen and oxygen atoms in total. The normalized spacial score (nSPS) is 34.1. The van der Waals surface area contributed by atoms with E-state index < -0.39 is 0 Å². The molecule has 66 valence electrons. The summed E-state index contributed by atoms with van der Waals surface area (Å²) in [5.74, 6) is 0. The highest BCUT2D eigenvalue weighted by atomic mass is 16.3. The molecular weight excluding hydrogens is 140 g/mol. The molecule has 1 heterocycles. The van der Waals surface area contributed by atoms with Gasteiger partial charge in [0.1, 0.15) is 0 Å². The molecule has 0 unspecified atom stereocenters. The Kier molecular flexibility index (Phi) is 3.30. The van der Waals surface area contributed by atoms with E-state index in [1.807, 2.05) is 0 Å². The van der Waals surface area contributed by atoms with Crippen LogP contribution in [0.5, 0.6) is 0 Å². The van der Waals surface area contributed by atoms with Gasteiger partial charge in [-0.1, -0.05) is 0 Å². The predicted octanol–water partition coefficient (Wildman–Crippen LogP) is -0.339. The fourth-order valence-electron chi connectivity index (χ4n) is 1.76. The molecule has 0 bridgehead atoms. The van der Waals surface area contributed by atoms with E-state index in [1.54, 1.807) is 0 Å². The average Bonchev–Trinajstić information content (AvgIpc) is 1.85. The minimum atomic E-state index is 0.277. The van der Waals surface area contributed by atoms with E-state index >= 15 is 0 Å². The summed E-state index contributed by atoms with van der Waals surface area (Å²) < 4.78 is 0. The summed E-state index contributed by atoms with van der Waals surface area (Å²) in [5.41, 5.74) is 0. The second kappa shape index (κ2) is 4.04. The molecule has 1 aliphatic rings. The summed E-state index contributed by atoms with van der Waals surface area (Å²) in [6, 6.07) is 1.12. The topological polar surface area (TPSA) is 35.5 Å². The van der Waals surface area contributed by atoms with E-state index in [-0.39, 0.29) is 6.61 Å². The maximum absolute atomic E-state index is 8.73. The van der Waals surface area contributed by atoms with Crippen molar-refractivity contribution >= 4 is 0 Å². The first-order valence-electron chi connectivity index (χ1n) is 4.31. The third-order valence-corrected chi connectivity index (χ3v) is 2.05. The third kappa shape index (κ3) is 2.77. The van der Waals surface area contributed by atoms with Crippen LogP contribution in [-0.4, -0.2) is 48.3 Å². The molecule has 1 rings (SSSR count). The molecule has 2 N–H and O–H groups in total. The van der Waals surface area contributed by atoms with Gasteiger partial charge in [0.25, 0.3) is 0 Å². The number of rotatable bonds is 2.